The smallest absolute Gasteiger partial charge is 0.255 e. The molecule has 0 N–H and O–H groups in total. The number of carbonyl (C=O) groups excluding carboxylic acids is 2. The maximum Gasteiger partial charge on any atom is 0.445 e. The van der Waals surface area contributed by atoms with Crippen LogP contribution in [0.4, 0.5) is 4.79 Å². The lowest BCUT2D eigenvalue weighted by Gasteiger charge is -2.28. The minimum atomic E-state index is -0.546. The predicted octanol–water partition coefficient (Wildman–Crippen LogP) is 4.22. The molecule has 0 aromatic heterocycles. The summed E-state index contributed by atoms with van der Waals surface area (Å²) in [5, 5.41) is 1.02. The minimum absolute atomic E-state index is 0.248. The van der Waals surface area contributed by atoms with Crippen molar-refractivity contribution >= 4 is 59.0 Å². The summed E-state index contributed by atoms with van der Waals surface area (Å²) in [6, 6.07) is 5.14. The molecule has 2 heterocycles. The molecule has 0 fully saturated rings. The molecule has 1 aromatic carbocycles. The number of thioether (sulfide) groups is 1. The molecule has 0 saturated carbocycles. The van der Waals surface area contributed by atoms with Crippen LogP contribution in [-0.2, 0) is 10.5 Å². The Hall–Kier alpha value is -1.63. The summed E-state index contributed by atoms with van der Waals surface area (Å²) in [5.41, 5.74) is 2.02. The standard InChI is InChI=1S/C18H18Cl2N3O2S/c1-4-11-8-21-16-14(17(24)23(3)18(25)22(16)2)15(11)26-9-10-5-6-12(19)13(20)7-10/h5-8,14H,4,9H2,1-3H3/q+1. The average Bonchev–Trinajstić information content (AvgIpc) is 2.64. The highest BCUT2D eigenvalue weighted by molar-refractivity contribution is 8.02. The van der Waals surface area contributed by atoms with Gasteiger partial charge in [-0.25, -0.2) is 4.79 Å². The SMILES string of the molecule is CCC1=C(SCc2ccc(Cl)c(Cl)c2)C2C(=O)N(C)C(=O)[N+](C)=C2N=C1. The lowest BCUT2D eigenvalue weighted by atomic mass is 9.97. The van der Waals surface area contributed by atoms with Crippen molar-refractivity contribution in [2.75, 3.05) is 14.1 Å². The number of allylic oxidation sites excluding steroid dienone is 1. The lowest BCUT2D eigenvalue weighted by Crippen LogP contribution is -2.52. The van der Waals surface area contributed by atoms with Crippen LogP contribution in [0.5, 0.6) is 0 Å². The van der Waals surface area contributed by atoms with E-state index in [1.807, 2.05) is 19.1 Å². The number of fused-ring (bicyclic) bond motifs is 1. The summed E-state index contributed by atoms with van der Waals surface area (Å²) in [5.74, 6) is 0.326. The molecule has 5 nitrogen and oxygen atoms in total. The van der Waals surface area contributed by atoms with Gasteiger partial charge in [-0.3, -0.25) is 4.79 Å². The number of imide groups is 1. The Kier molecular flexibility index (Phi) is 5.55. The number of halogens is 2. The second-order valence-electron chi connectivity index (χ2n) is 6.07. The maximum atomic E-state index is 12.8. The van der Waals surface area contributed by atoms with E-state index < -0.39 is 5.92 Å². The summed E-state index contributed by atoms with van der Waals surface area (Å²) in [6.07, 6.45) is 2.51. The van der Waals surface area contributed by atoms with Gasteiger partial charge in [0.2, 0.25) is 0 Å². The highest BCUT2D eigenvalue weighted by Gasteiger charge is 2.48. The third kappa shape index (κ3) is 3.33. The molecule has 3 amide bonds. The second kappa shape index (κ2) is 7.55. The van der Waals surface area contributed by atoms with E-state index in [0.717, 1.165) is 27.4 Å². The molecule has 8 heteroatoms. The van der Waals surface area contributed by atoms with E-state index in [-0.39, 0.29) is 11.9 Å². The van der Waals surface area contributed by atoms with Gasteiger partial charge >= 0.3 is 11.9 Å². The van der Waals surface area contributed by atoms with Crippen molar-refractivity contribution in [2.45, 2.75) is 19.1 Å². The van der Waals surface area contributed by atoms with E-state index in [4.69, 9.17) is 23.2 Å². The number of amidine groups is 1. The number of amides is 3. The monoisotopic (exact) mass is 410 g/mol. The molecule has 2 aliphatic heterocycles. The fourth-order valence-corrected chi connectivity index (χ4v) is 4.51. The number of urea groups is 1. The van der Waals surface area contributed by atoms with Crippen molar-refractivity contribution in [1.82, 2.24) is 4.90 Å². The topological polar surface area (TPSA) is 52.8 Å². The minimum Gasteiger partial charge on any atom is -0.255 e. The Bertz CT molecular complexity index is 892. The Balaban J connectivity index is 1.96. The Morgan fingerprint density at radius 2 is 2.00 bits per heavy atom. The van der Waals surface area contributed by atoms with Crippen LogP contribution in [0.3, 0.4) is 0 Å². The van der Waals surface area contributed by atoms with Crippen molar-refractivity contribution < 1.29 is 14.2 Å². The Labute approximate surface area is 166 Å². The van der Waals surface area contributed by atoms with Crippen LogP contribution < -0.4 is 0 Å². The van der Waals surface area contributed by atoms with Crippen molar-refractivity contribution in [1.29, 1.82) is 0 Å². The van der Waals surface area contributed by atoms with Crippen LogP contribution in [-0.4, -0.2) is 47.6 Å². The molecular weight excluding hydrogens is 393 g/mol. The molecular formula is C18H18Cl2N3O2S+. The molecule has 0 aliphatic carbocycles. The zero-order valence-corrected chi connectivity index (χ0v) is 17.0. The molecule has 1 aromatic rings. The fraction of sp³-hybridized carbons (Fsp3) is 0.333. The third-order valence-electron chi connectivity index (χ3n) is 4.44. The largest absolute Gasteiger partial charge is 0.445 e. The molecule has 0 spiro atoms. The van der Waals surface area contributed by atoms with Gasteiger partial charge in [0.05, 0.1) is 24.1 Å². The Morgan fingerprint density at radius 3 is 2.65 bits per heavy atom. The summed E-state index contributed by atoms with van der Waals surface area (Å²) in [4.78, 5) is 31.5. The second-order valence-corrected chi connectivity index (χ2v) is 7.90. The molecule has 1 atom stereocenters. The van der Waals surface area contributed by atoms with Gasteiger partial charge in [-0.1, -0.05) is 36.2 Å². The summed E-state index contributed by atoms with van der Waals surface area (Å²) < 4.78 is 1.44. The number of aliphatic imine (C=N–C) groups is 1. The van der Waals surface area contributed by atoms with Gasteiger partial charge in [0.15, 0.2) is 5.92 Å². The molecule has 0 bridgehead atoms. The van der Waals surface area contributed by atoms with E-state index >= 15 is 0 Å². The fourth-order valence-electron chi connectivity index (χ4n) is 2.93. The number of carbonyl (C=O) groups is 2. The number of hydrogen-bond donors (Lipinski definition) is 0. The van der Waals surface area contributed by atoms with Gasteiger partial charge in [-0.15, -0.1) is 16.8 Å². The Morgan fingerprint density at radius 1 is 1.27 bits per heavy atom. The zero-order valence-electron chi connectivity index (χ0n) is 14.6. The van der Waals surface area contributed by atoms with Gasteiger partial charge < -0.3 is 0 Å². The average molecular weight is 411 g/mol. The lowest BCUT2D eigenvalue weighted by molar-refractivity contribution is -0.407. The first kappa shape index (κ1) is 19.1. The number of rotatable bonds is 4. The molecule has 3 rings (SSSR count). The first-order valence-corrected chi connectivity index (χ1v) is 9.85. The third-order valence-corrected chi connectivity index (χ3v) is 6.47. The summed E-state index contributed by atoms with van der Waals surface area (Å²) in [6.45, 7) is 2.03. The van der Waals surface area contributed by atoms with Crippen LogP contribution in [0.15, 0.2) is 33.7 Å². The van der Waals surface area contributed by atoms with Gasteiger partial charge in [0.1, 0.15) is 6.21 Å². The summed E-state index contributed by atoms with van der Waals surface area (Å²) in [7, 11) is 3.15. The van der Waals surface area contributed by atoms with E-state index in [0.29, 0.717) is 21.6 Å². The molecule has 1 unspecified atom stereocenters. The van der Waals surface area contributed by atoms with Crippen LogP contribution in [0.1, 0.15) is 18.9 Å². The number of dihydropyridines is 1. The molecule has 0 radical (unpaired) electrons. The quantitative estimate of drug-likeness (QED) is 0.697. The van der Waals surface area contributed by atoms with Crippen LogP contribution >= 0.6 is 35.0 Å². The highest BCUT2D eigenvalue weighted by Crippen LogP contribution is 2.37. The maximum absolute atomic E-state index is 12.8. The van der Waals surface area contributed by atoms with Gasteiger partial charge in [-0.05, 0) is 29.7 Å². The highest BCUT2D eigenvalue weighted by atomic mass is 35.5. The normalized spacial score (nSPS) is 20.2. The molecule has 2 aliphatic rings. The number of hydrogen-bond acceptors (Lipinski definition) is 4. The van der Waals surface area contributed by atoms with E-state index in [1.165, 1.54) is 11.6 Å². The molecule has 0 saturated heterocycles. The van der Waals surface area contributed by atoms with E-state index in [9.17, 15) is 9.59 Å². The van der Waals surface area contributed by atoms with Crippen molar-refractivity contribution in [3.63, 3.8) is 0 Å². The van der Waals surface area contributed by atoms with Crippen molar-refractivity contribution in [2.24, 2.45) is 10.9 Å². The van der Waals surface area contributed by atoms with Gasteiger partial charge in [0, 0.05) is 10.7 Å². The van der Waals surface area contributed by atoms with Crippen molar-refractivity contribution in [3.05, 3.63) is 44.3 Å². The van der Waals surface area contributed by atoms with Crippen LogP contribution in [0, 0.1) is 5.92 Å². The number of benzene rings is 1. The predicted molar refractivity (Wildman–Crippen MR) is 106 cm³/mol. The van der Waals surface area contributed by atoms with Gasteiger partial charge in [-0.2, -0.15) is 9.48 Å². The number of nitrogens with zero attached hydrogens (tertiary/aromatic N) is 3. The van der Waals surface area contributed by atoms with Crippen molar-refractivity contribution in [3.8, 4) is 0 Å². The first-order valence-electron chi connectivity index (χ1n) is 8.11. The summed E-state index contributed by atoms with van der Waals surface area (Å²) >= 11 is 13.6. The van der Waals surface area contributed by atoms with Crippen LogP contribution in [0.2, 0.25) is 10.0 Å². The molecule has 136 valence electrons. The zero-order chi connectivity index (χ0) is 19.0. The van der Waals surface area contributed by atoms with Gasteiger partial charge in [0.25, 0.3) is 5.84 Å². The first-order chi connectivity index (χ1) is 12.3. The van der Waals surface area contributed by atoms with E-state index in [2.05, 4.69) is 4.99 Å². The van der Waals surface area contributed by atoms with E-state index in [1.54, 1.807) is 31.1 Å². The van der Waals surface area contributed by atoms with Crippen LogP contribution in [0.25, 0.3) is 0 Å². The molecule has 26 heavy (non-hydrogen) atoms.